The second-order valence-electron chi connectivity index (χ2n) is 7.38. The van der Waals surface area contributed by atoms with E-state index in [0.717, 1.165) is 31.9 Å². The molecule has 2 heterocycles. The largest absolute Gasteiger partial charge is 0.378 e. The standard InChI is InChI=1S/C19H28N2O3/c1-15-13-21(19(2,3)14-24-15)18(22)12-16-4-6-17(7-5-16)20-8-10-23-11-9-20/h4-7,15H,8-14H2,1-3H3. The highest BCUT2D eigenvalue weighted by Crippen LogP contribution is 2.24. The van der Waals surface area contributed by atoms with Crippen LogP contribution in [0.3, 0.4) is 0 Å². The molecule has 24 heavy (non-hydrogen) atoms. The lowest BCUT2D eigenvalue weighted by atomic mass is 9.99. The summed E-state index contributed by atoms with van der Waals surface area (Å²) in [6.07, 6.45) is 0.546. The Bertz CT molecular complexity index is 564. The third-order valence-corrected chi connectivity index (χ3v) is 4.86. The number of hydrogen-bond acceptors (Lipinski definition) is 4. The van der Waals surface area contributed by atoms with Gasteiger partial charge in [0.25, 0.3) is 0 Å². The molecular formula is C19H28N2O3. The first-order valence-corrected chi connectivity index (χ1v) is 8.79. The zero-order valence-corrected chi connectivity index (χ0v) is 15.0. The number of anilines is 1. The minimum absolute atomic E-state index is 0.102. The zero-order chi connectivity index (χ0) is 17.2. The maximum atomic E-state index is 12.8. The van der Waals surface area contributed by atoms with Gasteiger partial charge in [0.1, 0.15) is 0 Å². The Morgan fingerprint density at radius 1 is 1.21 bits per heavy atom. The molecule has 2 aliphatic heterocycles. The quantitative estimate of drug-likeness (QED) is 0.850. The van der Waals surface area contributed by atoms with Crippen LogP contribution in [-0.4, -0.2) is 61.9 Å². The van der Waals surface area contributed by atoms with Crippen molar-refractivity contribution < 1.29 is 14.3 Å². The fourth-order valence-electron chi connectivity index (χ4n) is 3.34. The summed E-state index contributed by atoms with van der Waals surface area (Å²) in [6, 6.07) is 8.36. The second-order valence-corrected chi connectivity index (χ2v) is 7.38. The fourth-order valence-corrected chi connectivity index (χ4v) is 3.34. The van der Waals surface area contributed by atoms with Crippen LogP contribution in [0, 0.1) is 0 Å². The predicted molar refractivity (Wildman–Crippen MR) is 94.4 cm³/mol. The molecule has 1 aromatic rings. The van der Waals surface area contributed by atoms with Crippen LogP contribution in [0.25, 0.3) is 0 Å². The van der Waals surface area contributed by atoms with Gasteiger partial charge in [-0.05, 0) is 38.5 Å². The van der Waals surface area contributed by atoms with Crippen LogP contribution < -0.4 is 4.90 Å². The second kappa shape index (κ2) is 7.11. The van der Waals surface area contributed by atoms with Gasteiger partial charge in [0.15, 0.2) is 0 Å². The summed E-state index contributed by atoms with van der Waals surface area (Å²) in [7, 11) is 0. The molecule has 132 valence electrons. The number of carbonyl (C=O) groups excluding carboxylic acids is 1. The van der Waals surface area contributed by atoms with E-state index in [-0.39, 0.29) is 17.6 Å². The molecule has 2 aliphatic rings. The highest BCUT2D eigenvalue weighted by molar-refractivity contribution is 5.79. The van der Waals surface area contributed by atoms with E-state index in [4.69, 9.17) is 9.47 Å². The lowest BCUT2D eigenvalue weighted by Crippen LogP contribution is -2.58. The Balaban J connectivity index is 1.63. The van der Waals surface area contributed by atoms with Gasteiger partial charge in [0.2, 0.25) is 5.91 Å². The fraction of sp³-hybridized carbons (Fsp3) is 0.632. The monoisotopic (exact) mass is 332 g/mol. The molecule has 0 spiro atoms. The average Bonchev–Trinajstić information content (AvgIpc) is 2.58. The number of ether oxygens (including phenoxy) is 2. The first kappa shape index (κ1) is 17.2. The van der Waals surface area contributed by atoms with E-state index in [0.29, 0.717) is 19.6 Å². The van der Waals surface area contributed by atoms with Gasteiger partial charge in [-0.3, -0.25) is 4.79 Å². The molecule has 1 amide bonds. The molecule has 0 radical (unpaired) electrons. The SMILES string of the molecule is CC1CN(C(=O)Cc2ccc(N3CCOCC3)cc2)C(C)(C)CO1. The topological polar surface area (TPSA) is 42.0 Å². The highest BCUT2D eigenvalue weighted by Gasteiger charge is 2.36. The van der Waals surface area contributed by atoms with Crippen LogP contribution in [-0.2, 0) is 20.7 Å². The maximum Gasteiger partial charge on any atom is 0.227 e. The predicted octanol–water partition coefficient (Wildman–Crippen LogP) is 2.09. The van der Waals surface area contributed by atoms with Crippen molar-refractivity contribution in [2.75, 3.05) is 44.4 Å². The van der Waals surface area contributed by atoms with Gasteiger partial charge in [-0.1, -0.05) is 12.1 Å². The molecule has 1 aromatic carbocycles. The Morgan fingerprint density at radius 3 is 2.54 bits per heavy atom. The normalized spacial score (nSPS) is 24.0. The van der Waals surface area contributed by atoms with Crippen molar-refractivity contribution in [1.82, 2.24) is 4.90 Å². The van der Waals surface area contributed by atoms with Gasteiger partial charge < -0.3 is 19.3 Å². The van der Waals surface area contributed by atoms with Crippen LogP contribution in [0.1, 0.15) is 26.3 Å². The number of carbonyl (C=O) groups is 1. The summed E-state index contributed by atoms with van der Waals surface area (Å²) < 4.78 is 11.1. The number of nitrogens with zero attached hydrogens (tertiary/aromatic N) is 2. The molecular weight excluding hydrogens is 304 g/mol. The lowest BCUT2D eigenvalue weighted by Gasteiger charge is -2.44. The maximum absolute atomic E-state index is 12.8. The van der Waals surface area contributed by atoms with Gasteiger partial charge in [0.05, 0.1) is 37.9 Å². The molecule has 0 bridgehead atoms. The molecule has 0 N–H and O–H groups in total. The number of amides is 1. The Kier molecular flexibility index (Phi) is 5.11. The Hall–Kier alpha value is -1.59. The molecule has 0 saturated carbocycles. The highest BCUT2D eigenvalue weighted by atomic mass is 16.5. The summed E-state index contributed by atoms with van der Waals surface area (Å²) in [4.78, 5) is 17.0. The van der Waals surface area contributed by atoms with Crippen LogP contribution in [0.15, 0.2) is 24.3 Å². The molecule has 1 atom stereocenters. The minimum Gasteiger partial charge on any atom is -0.378 e. The first-order valence-electron chi connectivity index (χ1n) is 8.79. The van der Waals surface area contributed by atoms with E-state index in [9.17, 15) is 4.79 Å². The van der Waals surface area contributed by atoms with Crippen molar-refractivity contribution in [2.24, 2.45) is 0 Å². The number of hydrogen-bond donors (Lipinski definition) is 0. The van der Waals surface area contributed by atoms with Crippen LogP contribution >= 0.6 is 0 Å². The smallest absolute Gasteiger partial charge is 0.227 e. The van der Waals surface area contributed by atoms with Gasteiger partial charge in [-0.25, -0.2) is 0 Å². The molecule has 2 fully saturated rings. The third-order valence-electron chi connectivity index (χ3n) is 4.86. The summed E-state index contributed by atoms with van der Waals surface area (Å²) in [6.45, 7) is 10.8. The van der Waals surface area contributed by atoms with Crippen molar-refractivity contribution in [2.45, 2.75) is 38.8 Å². The minimum atomic E-state index is -0.239. The van der Waals surface area contributed by atoms with Crippen molar-refractivity contribution in [3.8, 4) is 0 Å². The van der Waals surface area contributed by atoms with Gasteiger partial charge >= 0.3 is 0 Å². The molecule has 5 nitrogen and oxygen atoms in total. The molecule has 2 saturated heterocycles. The van der Waals surface area contributed by atoms with Crippen molar-refractivity contribution in [3.63, 3.8) is 0 Å². The zero-order valence-electron chi connectivity index (χ0n) is 15.0. The van der Waals surface area contributed by atoms with Gasteiger partial charge in [-0.15, -0.1) is 0 Å². The summed E-state index contributed by atoms with van der Waals surface area (Å²) >= 11 is 0. The molecule has 0 aliphatic carbocycles. The van der Waals surface area contributed by atoms with Crippen molar-refractivity contribution in [3.05, 3.63) is 29.8 Å². The summed E-state index contributed by atoms with van der Waals surface area (Å²) in [5.74, 6) is 0.175. The molecule has 5 heteroatoms. The number of rotatable bonds is 3. The third kappa shape index (κ3) is 3.90. The summed E-state index contributed by atoms with van der Waals surface area (Å²) in [5.41, 5.74) is 2.03. The van der Waals surface area contributed by atoms with E-state index < -0.39 is 0 Å². The molecule has 1 unspecified atom stereocenters. The van der Waals surface area contributed by atoms with Crippen LogP contribution in [0.5, 0.6) is 0 Å². The average molecular weight is 332 g/mol. The van der Waals surface area contributed by atoms with E-state index >= 15 is 0 Å². The first-order chi connectivity index (χ1) is 11.5. The van der Waals surface area contributed by atoms with E-state index in [1.54, 1.807) is 0 Å². The van der Waals surface area contributed by atoms with Gasteiger partial charge in [-0.2, -0.15) is 0 Å². The van der Waals surface area contributed by atoms with Crippen molar-refractivity contribution in [1.29, 1.82) is 0 Å². The number of benzene rings is 1. The van der Waals surface area contributed by atoms with E-state index in [2.05, 4.69) is 43.0 Å². The number of morpholine rings is 2. The lowest BCUT2D eigenvalue weighted by molar-refractivity contribution is -0.152. The van der Waals surface area contributed by atoms with Crippen molar-refractivity contribution >= 4 is 11.6 Å². The Morgan fingerprint density at radius 2 is 1.88 bits per heavy atom. The van der Waals surface area contributed by atoms with Crippen LogP contribution in [0.4, 0.5) is 5.69 Å². The molecule has 0 aromatic heterocycles. The van der Waals surface area contributed by atoms with E-state index in [1.165, 1.54) is 5.69 Å². The van der Waals surface area contributed by atoms with E-state index in [1.807, 2.05) is 11.8 Å². The Labute approximate surface area is 144 Å². The van der Waals surface area contributed by atoms with Crippen LogP contribution in [0.2, 0.25) is 0 Å². The van der Waals surface area contributed by atoms with Gasteiger partial charge in [0, 0.05) is 25.3 Å². The molecule has 3 rings (SSSR count). The summed E-state index contributed by atoms with van der Waals surface area (Å²) in [5, 5.41) is 0.